The van der Waals surface area contributed by atoms with Gasteiger partial charge in [-0.1, -0.05) is 19.3 Å². The van der Waals surface area contributed by atoms with Crippen molar-refractivity contribution in [1.82, 2.24) is 4.90 Å². The molecular weight excluding hydrogens is 180 g/mol. The molecule has 82 valence electrons. The summed E-state index contributed by atoms with van der Waals surface area (Å²) in [6.45, 7) is 2.50. The minimum absolute atomic E-state index is 0.495. The lowest BCUT2D eigenvalue weighted by molar-refractivity contribution is -0.139. The molecular formula is C10H20N2O2. The highest BCUT2D eigenvalue weighted by Crippen LogP contribution is 2.10. The molecule has 0 bridgehead atoms. The molecule has 0 aromatic rings. The highest BCUT2D eigenvalue weighted by molar-refractivity contribution is 5.73. The molecule has 0 aliphatic carbocycles. The molecule has 1 aliphatic heterocycles. The molecule has 0 spiro atoms. The zero-order chi connectivity index (χ0) is 10.4. The fourth-order valence-electron chi connectivity index (χ4n) is 1.85. The van der Waals surface area contributed by atoms with Gasteiger partial charge in [-0.15, -0.1) is 0 Å². The zero-order valence-corrected chi connectivity index (χ0v) is 8.61. The van der Waals surface area contributed by atoms with Gasteiger partial charge in [0.05, 0.1) is 0 Å². The van der Waals surface area contributed by atoms with Crippen molar-refractivity contribution in [3.8, 4) is 0 Å². The SMILES string of the molecule is NC(CN1CCCCCCC1)C(=O)O. The molecule has 0 saturated carbocycles. The summed E-state index contributed by atoms with van der Waals surface area (Å²) >= 11 is 0. The maximum Gasteiger partial charge on any atom is 0.321 e. The van der Waals surface area contributed by atoms with Gasteiger partial charge < -0.3 is 15.7 Å². The van der Waals surface area contributed by atoms with Crippen LogP contribution in [-0.2, 0) is 4.79 Å². The van der Waals surface area contributed by atoms with E-state index in [2.05, 4.69) is 4.90 Å². The third kappa shape index (κ3) is 4.07. The van der Waals surface area contributed by atoms with Crippen LogP contribution in [-0.4, -0.2) is 41.7 Å². The van der Waals surface area contributed by atoms with Crippen molar-refractivity contribution in [2.24, 2.45) is 5.73 Å². The first kappa shape index (κ1) is 11.5. The van der Waals surface area contributed by atoms with Gasteiger partial charge in [-0.3, -0.25) is 4.79 Å². The lowest BCUT2D eigenvalue weighted by atomic mass is 10.1. The topological polar surface area (TPSA) is 66.6 Å². The summed E-state index contributed by atoms with van der Waals surface area (Å²) in [5.41, 5.74) is 5.50. The van der Waals surface area contributed by atoms with Crippen LogP contribution in [0.15, 0.2) is 0 Å². The minimum Gasteiger partial charge on any atom is -0.480 e. The Morgan fingerprint density at radius 2 is 1.71 bits per heavy atom. The van der Waals surface area contributed by atoms with Crippen molar-refractivity contribution in [3.63, 3.8) is 0 Å². The van der Waals surface area contributed by atoms with Gasteiger partial charge in [-0.25, -0.2) is 0 Å². The summed E-state index contributed by atoms with van der Waals surface area (Å²) in [5.74, 6) is -0.896. The van der Waals surface area contributed by atoms with Crippen molar-refractivity contribution in [3.05, 3.63) is 0 Å². The third-order valence-electron chi connectivity index (χ3n) is 2.72. The molecule has 1 saturated heterocycles. The molecule has 1 unspecified atom stereocenters. The quantitative estimate of drug-likeness (QED) is 0.702. The Morgan fingerprint density at radius 3 is 2.21 bits per heavy atom. The number of hydrogen-bond acceptors (Lipinski definition) is 3. The maximum atomic E-state index is 10.6. The number of nitrogens with zero attached hydrogens (tertiary/aromatic N) is 1. The van der Waals surface area contributed by atoms with Gasteiger partial charge >= 0.3 is 5.97 Å². The molecule has 3 N–H and O–H groups in total. The maximum absolute atomic E-state index is 10.6. The van der Waals surface area contributed by atoms with E-state index >= 15 is 0 Å². The van der Waals surface area contributed by atoms with E-state index in [9.17, 15) is 4.79 Å². The van der Waals surface area contributed by atoms with Crippen LogP contribution < -0.4 is 5.73 Å². The van der Waals surface area contributed by atoms with Crippen LogP contribution in [0.4, 0.5) is 0 Å². The predicted octanol–water partition coefficient (Wildman–Crippen LogP) is 0.664. The summed E-state index contributed by atoms with van der Waals surface area (Å²) in [4.78, 5) is 12.8. The second-order valence-electron chi connectivity index (χ2n) is 4.01. The minimum atomic E-state index is -0.896. The lowest BCUT2D eigenvalue weighted by Crippen LogP contribution is -2.43. The van der Waals surface area contributed by atoms with Crippen LogP contribution in [0.5, 0.6) is 0 Å². The molecule has 0 aromatic heterocycles. The van der Waals surface area contributed by atoms with E-state index in [-0.39, 0.29) is 0 Å². The molecule has 1 rings (SSSR count). The average Bonchev–Trinajstić information content (AvgIpc) is 2.08. The number of carbonyl (C=O) groups is 1. The molecule has 4 heteroatoms. The van der Waals surface area contributed by atoms with Crippen molar-refractivity contribution < 1.29 is 9.90 Å². The van der Waals surface area contributed by atoms with Gasteiger partial charge in [0, 0.05) is 6.54 Å². The Kier molecular flexibility index (Phi) is 4.90. The van der Waals surface area contributed by atoms with E-state index in [4.69, 9.17) is 10.8 Å². The van der Waals surface area contributed by atoms with Crippen LogP contribution in [0.25, 0.3) is 0 Å². The Morgan fingerprint density at radius 1 is 1.21 bits per heavy atom. The zero-order valence-electron chi connectivity index (χ0n) is 8.61. The summed E-state index contributed by atoms with van der Waals surface area (Å²) in [6, 6.07) is -0.727. The number of carboxylic acid groups (broad SMARTS) is 1. The van der Waals surface area contributed by atoms with Gasteiger partial charge in [0.1, 0.15) is 6.04 Å². The normalized spacial score (nSPS) is 22.4. The van der Waals surface area contributed by atoms with Gasteiger partial charge in [-0.05, 0) is 25.9 Å². The van der Waals surface area contributed by atoms with Crippen molar-refractivity contribution in [1.29, 1.82) is 0 Å². The van der Waals surface area contributed by atoms with E-state index in [0.29, 0.717) is 6.54 Å². The number of aliphatic carboxylic acids is 1. The first-order valence-corrected chi connectivity index (χ1v) is 5.41. The fourth-order valence-corrected chi connectivity index (χ4v) is 1.85. The molecule has 14 heavy (non-hydrogen) atoms. The van der Waals surface area contributed by atoms with Gasteiger partial charge in [0.15, 0.2) is 0 Å². The number of nitrogens with two attached hydrogens (primary N) is 1. The molecule has 0 radical (unpaired) electrons. The molecule has 1 heterocycles. The second-order valence-corrected chi connectivity index (χ2v) is 4.01. The van der Waals surface area contributed by atoms with Crippen LogP contribution in [0.2, 0.25) is 0 Å². The number of hydrogen-bond donors (Lipinski definition) is 2. The van der Waals surface area contributed by atoms with E-state index in [1.165, 1.54) is 32.1 Å². The molecule has 0 aromatic carbocycles. The molecule has 0 amide bonds. The Bertz CT molecular complexity index is 177. The summed E-state index contributed by atoms with van der Waals surface area (Å²) in [5, 5.41) is 8.69. The van der Waals surface area contributed by atoms with E-state index in [1.54, 1.807) is 0 Å². The van der Waals surface area contributed by atoms with Crippen molar-refractivity contribution in [2.45, 2.75) is 38.1 Å². The first-order valence-electron chi connectivity index (χ1n) is 5.41. The third-order valence-corrected chi connectivity index (χ3v) is 2.72. The summed E-state index contributed by atoms with van der Waals surface area (Å²) in [7, 11) is 0. The van der Waals surface area contributed by atoms with E-state index in [1.807, 2.05) is 0 Å². The summed E-state index contributed by atoms with van der Waals surface area (Å²) < 4.78 is 0. The van der Waals surface area contributed by atoms with Crippen molar-refractivity contribution in [2.75, 3.05) is 19.6 Å². The predicted molar refractivity (Wildman–Crippen MR) is 55.1 cm³/mol. The van der Waals surface area contributed by atoms with E-state index < -0.39 is 12.0 Å². The molecule has 1 fully saturated rings. The molecule has 1 aliphatic rings. The molecule has 4 nitrogen and oxygen atoms in total. The smallest absolute Gasteiger partial charge is 0.321 e. The lowest BCUT2D eigenvalue weighted by Gasteiger charge is -2.25. The summed E-state index contributed by atoms with van der Waals surface area (Å²) in [6.07, 6.45) is 6.19. The van der Waals surface area contributed by atoms with Gasteiger partial charge in [0.25, 0.3) is 0 Å². The standard InChI is InChI=1S/C10H20N2O2/c11-9(10(13)14)8-12-6-4-2-1-3-5-7-12/h9H,1-8,11H2,(H,13,14). The average molecular weight is 200 g/mol. The highest BCUT2D eigenvalue weighted by Gasteiger charge is 2.16. The number of rotatable bonds is 3. The van der Waals surface area contributed by atoms with Crippen LogP contribution in [0.1, 0.15) is 32.1 Å². The second kappa shape index (κ2) is 5.98. The molecule has 1 atom stereocenters. The van der Waals surface area contributed by atoms with Crippen LogP contribution in [0, 0.1) is 0 Å². The Labute approximate surface area is 85.1 Å². The first-order chi connectivity index (χ1) is 6.70. The fraction of sp³-hybridized carbons (Fsp3) is 0.900. The van der Waals surface area contributed by atoms with Crippen LogP contribution in [0.3, 0.4) is 0 Å². The van der Waals surface area contributed by atoms with E-state index in [0.717, 1.165) is 13.1 Å². The number of likely N-dealkylation sites (tertiary alicyclic amines) is 1. The van der Waals surface area contributed by atoms with Gasteiger partial charge in [-0.2, -0.15) is 0 Å². The van der Waals surface area contributed by atoms with Crippen molar-refractivity contribution >= 4 is 5.97 Å². The number of carboxylic acids is 1. The highest BCUT2D eigenvalue weighted by atomic mass is 16.4. The Balaban J connectivity index is 2.29. The Hall–Kier alpha value is -0.610. The monoisotopic (exact) mass is 200 g/mol. The van der Waals surface area contributed by atoms with Gasteiger partial charge in [0.2, 0.25) is 0 Å². The largest absolute Gasteiger partial charge is 0.480 e. The van der Waals surface area contributed by atoms with Crippen LogP contribution >= 0.6 is 0 Å².